The quantitative estimate of drug-likeness (QED) is 0.192. The standard InChI is InChI=1S/C23H27ClN4O6/c1-15-17(24)6-4-7-18(15)27-21(29)14-34-19-9-8-16(12-20(19)33-3)13-26-28-23(31)22(30)25-10-5-11-32-2/h4,6-9,12-13H,5,10-11,14H2,1-3H3,(H,25,30)(H,27,29)(H,28,31)/b26-13-. The number of amides is 3. The van der Waals surface area contributed by atoms with Gasteiger partial charge in [0.15, 0.2) is 18.1 Å². The largest absolute Gasteiger partial charge is 0.493 e. The summed E-state index contributed by atoms with van der Waals surface area (Å²) in [6.45, 7) is 2.36. The number of methoxy groups -OCH3 is 2. The third-order valence-corrected chi connectivity index (χ3v) is 4.89. The van der Waals surface area contributed by atoms with Gasteiger partial charge < -0.3 is 24.8 Å². The average molecular weight is 491 g/mol. The van der Waals surface area contributed by atoms with Gasteiger partial charge >= 0.3 is 11.8 Å². The minimum absolute atomic E-state index is 0.245. The molecule has 0 spiro atoms. The fraction of sp³-hybridized carbons (Fsp3) is 0.304. The molecule has 0 atom stereocenters. The first-order valence-electron chi connectivity index (χ1n) is 10.3. The van der Waals surface area contributed by atoms with E-state index in [1.54, 1.807) is 50.4 Å². The Morgan fingerprint density at radius 3 is 2.62 bits per heavy atom. The summed E-state index contributed by atoms with van der Waals surface area (Å²) < 4.78 is 15.7. The predicted octanol–water partition coefficient (Wildman–Crippen LogP) is 2.28. The highest BCUT2D eigenvalue weighted by Gasteiger charge is 2.12. The smallest absolute Gasteiger partial charge is 0.329 e. The van der Waals surface area contributed by atoms with Gasteiger partial charge in [-0.1, -0.05) is 17.7 Å². The average Bonchev–Trinajstić information content (AvgIpc) is 2.83. The summed E-state index contributed by atoms with van der Waals surface area (Å²) in [5, 5.41) is 9.52. The van der Waals surface area contributed by atoms with Crippen LogP contribution in [0.5, 0.6) is 11.5 Å². The summed E-state index contributed by atoms with van der Waals surface area (Å²) >= 11 is 6.07. The highest BCUT2D eigenvalue weighted by molar-refractivity contribution is 6.35. The Morgan fingerprint density at radius 1 is 1.09 bits per heavy atom. The molecule has 10 nitrogen and oxygen atoms in total. The summed E-state index contributed by atoms with van der Waals surface area (Å²) in [4.78, 5) is 35.6. The molecule has 0 radical (unpaired) electrons. The zero-order valence-corrected chi connectivity index (χ0v) is 19.9. The van der Waals surface area contributed by atoms with Crippen LogP contribution in [0.3, 0.4) is 0 Å². The number of hydrogen-bond donors (Lipinski definition) is 3. The van der Waals surface area contributed by atoms with Gasteiger partial charge in [0.1, 0.15) is 0 Å². The summed E-state index contributed by atoms with van der Waals surface area (Å²) in [6, 6.07) is 10.1. The Labute approximate surface area is 202 Å². The lowest BCUT2D eigenvalue weighted by molar-refractivity contribution is -0.139. The van der Waals surface area contributed by atoms with Crippen LogP contribution in [0.15, 0.2) is 41.5 Å². The van der Waals surface area contributed by atoms with E-state index in [0.717, 1.165) is 5.56 Å². The molecular weight excluding hydrogens is 464 g/mol. The van der Waals surface area contributed by atoms with Crippen LogP contribution in [0.4, 0.5) is 5.69 Å². The molecule has 0 bridgehead atoms. The highest BCUT2D eigenvalue weighted by atomic mass is 35.5. The Kier molecular flexibility index (Phi) is 10.8. The van der Waals surface area contributed by atoms with Gasteiger partial charge in [-0.2, -0.15) is 5.10 Å². The fourth-order valence-electron chi connectivity index (χ4n) is 2.67. The molecule has 0 fully saturated rings. The van der Waals surface area contributed by atoms with E-state index < -0.39 is 11.8 Å². The van der Waals surface area contributed by atoms with Crippen LogP contribution in [0, 0.1) is 6.92 Å². The van der Waals surface area contributed by atoms with Crippen LogP contribution in [0.25, 0.3) is 0 Å². The Hall–Kier alpha value is -3.63. The van der Waals surface area contributed by atoms with Gasteiger partial charge in [-0.15, -0.1) is 0 Å². The zero-order chi connectivity index (χ0) is 24.9. The van der Waals surface area contributed by atoms with Gasteiger partial charge in [-0.25, -0.2) is 5.43 Å². The number of hydrogen-bond acceptors (Lipinski definition) is 7. The lowest BCUT2D eigenvalue weighted by Gasteiger charge is -2.12. The molecule has 0 aliphatic carbocycles. The molecule has 34 heavy (non-hydrogen) atoms. The van der Waals surface area contributed by atoms with E-state index in [9.17, 15) is 14.4 Å². The molecule has 3 N–H and O–H groups in total. The minimum Gasteiger partial charge on any atom is -0.493 e. The van der Waals surface area contributed by atoms with E-state index in [4.69, 9.17) is 25.8 Å². The van der Waals surface area contributed by atoms with E-state index in [0.29, 0.717) is 47.3 Å². The summed E-state index contributed by atoms with van der Waals surface area (Å²) in [6.07, 6.45) is 1.94. The van der Waals surface area contributed by atoms with Crippen LogP contribution in [0.2, 0.25) is 5.02 Å². The highest BCUT2D eigenvalue weighted by Crippen LogP contribution is 2.28. The summed E-state index contributed by atoms with van der Waals surface area (Å²) in [7, 11) is 3.01. The maximum Gasteiger partial charge on any atom is 0.329 e. The van der Waals surface area contributed by atoms with E-state index in [-0.39, 0.29) is 12.5 Å². The second kappa shape index (κ2) is 13.8. The van der Waals surface area contributed by atoms with Crippen molar-refractivity contribution in [2.45, 2.75) is 13.3 Å². The van der Waals surface area contributed by atoms with E-state index >= 15 is 0 Å². The molecule has 182 valence electrons. The third-order valence-electron chi connectivity index (χ3n) is 4.48. The molecule has 0 aromatic heterocycles. The molecule has 0 saturated heterocycles. The van der Waals surface area contributed by atoms with Crippen LogP contribution >= 0.6 is 11.6 Å². The maximum absolute atomic E-state index is 12.3. The first-order valence-corrected chi connectivity index (χ1v) is 10.7. The number of carbonyl (C=O) groups excluding carboxylic acids is 3. The molecule has 0 heterocycles. The number of anilines is 1. The molecule has 0 aliphatic heterocycles. The SMILES string of the molecule is COCCCNC(=O)C(=O)N/N=C\c1ccc(OCC(=O)Nc2cccc(Cl)c2C)c(OC)c1. The Bertz CT molecular complexity index is 1040. The van der Waals surface area contributed by atoms with Crippen molar-refractivity contribution >= 4 is 41.2 Å². The molecule has 11 heteroatoms. The first kappa shape index (κ1) is 26.6. The Morgan fingerprint density at radius 2 is 1.88 bits per heavy atom. The molecule has 3 amide bonds. The van der Waals surface area contributed by atoms with Crippen LogP contribution in [-0.4, -0.2) is 57.9 Å². The van der Waals surface area contributed by atoms with Gasteiger partial charge in [-0.3, -0.25) is 14.4 Å². The summed E-state index contributed by atoms with van der Waals surface area (Å²) in [5.41, 5.74) is 4.08. The van der Waals surface area contributed by atoms with Crippen LogP contribution in [-0.2, 0) is 19.1 Å². The number of benzene rings is 2. The van der Waals surface area contributed by atoms with Crippen molar-refractivity contribution in [3.8, 4) is 11.5 Å². The zero-order valence-electron chi connectivity index (χ0n) is 19.1. The second-order valence-corrected chi connectivity index (χ2v) is 7.37. The third kappa shape index (κ3) is 8.38. The molecule has 2 aromatic carbocycles. The number of hydrazone groups is 1. The monoisotopic (exact) mass is 490 g/mol. The first-order chi connectivity index (χ1) is 16.3. The van der Waals surface area contributed by atoms with Gasteiger partial charge in [0.25, 0.3) is 5.91 Å². The number of ether oxygens (including phenoxy) is 3. The number of nitrogens with zero attached hydrogens (tertiary/aromatic N) is 1. The lowest BCUT2D eigenvalue weighted by atomic mass is 10.2. The molecule has 0 unspecified atom stereocenters. The molecule has 0 aliphatic rings. The van der Waals surface area contributed by atoms with Gasteiger partial charge in [0.05, 0.1) is 13.3 Å². The van der Waals surface area contributed by atoms with Crippen molar-refractivity contribution in [2.75, 3.05) is 39.3 Å². The molecule has 2 aromatic rings. The second-order valence-electron chi connectivity index (χ2n) is 6.96. The number of halogens is 1. The number of rotatable bonds is 11. The van der Waals surface area contributed by atoms with Gasteiger partial charge in [0, 0.05) is 31.0 Å². The van der Waals surface area contributed by atoms with Crippen LogP contribution in [0.1, 0.15) is 17.5 Å². The summed E-state index contributed by atoms with van der Waals surface area (Å²) in [5.74, 6) is -1.33. The number of carbonyl (C=O) groups is 3. The molecule has 2 rings (SSSR count). The fourth-order valence-corrected chi connectivity index (χ4v) is 2.85. The van der Waals surface area contributed by atoms with Crippen LogP contribution < -0.4 is 25.5 Å². The lowest BCUT2D eigenvalue weighted by Crippen LogP contribution is -2.38. The van der Waals surface area contributed by atoms with Crippen molar-refractivity contribution in [2.24, 2.45) is 5.10 Å². The van der Waals surface area contributed by atoms with Gasteiger partial charge in [0.2, 0.25) is 0 Å². The van der Waals surface area contributed by atoms with E-state index in [1.807, 2.05) is 0 Å². The van der Waals surface area contributed by atoms with Crippen molar-refractivity contribution in [1.82, 2.24) is 10.7 Å². The molecular formula is C23H27ClN4O6. The molecule has 0 saturated carbocycles. The number of nitrogens with one attached hydrogen (secondary N) is 3. The van der Waals surface area contributed by atoms with Crippen molar-refractivity contribution < 1.29 is 28.6 Å². The van der Waals surface area contributed by atoms with E-state index in [2.05, 4.69) is 21.2 Å². The Balaban J connectivity index is 1.88. The maximum atomic E-state index is 12.3. The van der Waals surface area contributed by atoms with Crippen molar-refractivity contribution in [1.29, 1.82) is 0 Å². The minimum atomic E-state index is -0.887. The topological polar surface area (TPSA) is 127 Å². The van der Waals surface area contributed by atoms with Gasteiger partial charge in [-0.05, 0) is 54.8 Å². The van der Waals surface area contributed by atoms with E-state index in [1.165, 1.54) is 13.3 Å². The normalized spacial score (nSPS) is 10.6. The van der Waals surface area contributed by atoms with Crippen molar-refractivity contribution in [3.05, 3.63) is 52.5 Å². The predicted molar refractivity (Wildman–Crippen MR) is 129 cm³/mol. The van der Waals surface area contributed by atoms with Crippen molar-refractivity contribution in [3.63, 3.8) is 0 Å².